The standard InChI is InChI=1S/C19H18N2O/c1-2-7-19(22)21-20-13-18-16-10-5-3-8-14(16)12-15-9-4-6-11-17(15)18/h3-6,8-13H,2,7H2,1H3,(H,21,22)/b20-13+. The van der Waals surface area contributed by atoms with Gasteiger partial charge in [-0.25, -0.2) is 5.43 Å². The fourth-order valence-corrected chi connectivity index (χ4v) is 2.64. The Morgan fingerprint density at radius 3 is 2.23 bits per heavy atom. The Morgan fingerprint density at radius 2 is 1.64 bits per heavy atom. The average Bonchev–Trinajstić information content (AvgIpc) is 2.54. The molecule has 3 rings (SSSR count). The summed E-state index contributed by atoms with van der Waals surface area (Å²) in [5, 5.41) is 8.74. The quantitative estimate of drug-likeness (QED) is 0.436. The van der Waals surface area contributed by atoms with Crippen LogP contribution in [0.1, 0.15) is 25.3 Å². The highest BCUT2D eigenvalue weighted by Crippen LogP contribution is 2.27. The van der Waals surface area contributed by atoms with Crippen molar-refractivity contribution >= 4 is 33.7 Å². The summed E-state index contributed by atoms with van der Waals surface area (Å²) in [4.78, 5) is 11.5. The van der Waals surface area contributed by atoms with Crippen molar-refractivity contribution in [3.8, 4) is 0 Å². The predicted molar refractivity (Wildman–Crippen MR) is 92.1 cm³/mol. The second-order valence-corrected chi connectivity index (χ2v) is 5.28. The van der Waals surface area contributed by atoms with E-state index >= 15 is 0 Å². The molecule has 3 nitrogen and oxygen atoms in total. The third-order valence-corrected chi connectivity index (χ3v) is 3.67. The number of rotatable bonds is 4. The summed E-state index contributed by atoms with van der Waals surface area (Å²) in [5.41, 5.74) is 3.62. The Hall–Kier alpha value is -2.68. The Morgan fingerprint density at radius 1 is 1.05 bits per heavy atom. The van der Waals surface area contributed by atoms with E-state index in [0.29, 0.717) is 6.42 Å². The molecule has 0 saturated carbocycles. The summed E-state index contributed by atoms with van der Waals surface area (Å²) >= 11 is 0. The molecule has 0 bridgehead atoms. The first kappa shape index (κ1) is 14.3. The van der Waals surface area contributed by atoms with Crippen LogP contribution >= 0.6 is 0 Å². The van der Waals surface area contributed by atoms with Gasteiger partial charge in [-0.1, -0.05) is 55.5 Å². The second kappa shape index (κ2) is 6.39. The molecule has 0 aromatic heterocycles. The van der Waals surface area contributed by atoms with E-state index < -0.39 is 0 Å². The minimum absolute atomic E-state index is 0.0525. The van der Waals surface area contributed by atoms with Gasteiger partial charge in [0.05, 0.1) is 6.21 Å². The van der Waals surface area contributed by atoms with Crippen LogP contribution in [0.2, 0.25) is 0 Å². The highest BCUT2D eigenvalue weighted by Gasteiger charge is 2.05. The summed E-state index contributed by atoms with van der Waals surface area (Å²) in [6.45, 7) is 1.97. The minimum Gasteiger partial charge on any atom is -0.273 e. The topological polar surface area (TPSA) is 41.5 Å². The number of benzene rings is 3. The van der Waals surface area contributed by atoms with Crippen LogP contribution in [-0.2, 0) is 4.79 Å². The molecule has 0 atom stereocenters. The zero-order chi connectivity index (χ0) is 15.4. The highest BCUT2D eigenvalue weighted by molar-refractivity contribution is 6.13. The van der Waals surface area contributed by atoms with Crippen LogP contribution in [0.25, 0.3) is 21.5 Å². The average molecular weight is 290 g/mol. The molecule has 1 amide bonds. The maximum Gasteiger partial charge on any atom is 0.240 e. The van der Waals surface area contributed by atoms with Crippen molar-refractivity contribution in [2.24, 2.45) is 5.10 Å². The molecule has 3 aromatic rings. The molecule has 3 heteroatoms. The summed E-state index contributed by atoms with van der Waals surface area (Å²) < 4.78 is 0. The van der Waals surface area contributed by atoms with Gasteiger partial charge >= 0.3 is 0 Å². The van der Waals surface area contributed by atoms with Gasteiger partial charge in [0, 0.05) is 12.0 Å². The van der Waals surface area contributed by atoms with Crippen LogP contribution in [0.3, 0.4) is 0 Å². The Balaban J connectivity index is 2.08. The molecule has 0 aliphatic heterocycles. The minimum atomic E-state index is -0.0525. The van der Waals surface area contributed by atoms with Crippen LogP contribution in [0, 0.1) is 0 Å². The van der Waals surface area contributed by atoms with Gasteiger partial charge in [-0.15, -0.1) is 0 Å². The number of fused-ring (bicyclic) bond motifs is 2. The zero-order valence-electron chi connectivity index (χ0n) is 12.5. The van der Waals surface area contributed by atoms with Gasteiger partial charge < -0.3 is 0 Å². The molecule has 0 heterocycles. The van der Waals surface area contributed by atoms with Gasteiger partial charge in [-0.2, -0.15) is 5.10 Å². The zero-order valence-corrected chi connectivity index (χ0v) is 12.5. The van der Waals surface area contributed by atoms with Crippen molar-refractivity contribution in [1.29, 1.82) is 0 Å². The van der Waals surface area contributed by atoms with Crippen LogP contribution in [0.5, 0.6) is 0 Å². The highest BCUT2D eigenvalue weighted by atomic mass is 16.2. The molecule has 110 valence electrons. The number of hydrazone groups is 1. The first-order valence-electron chi connectivity index (χ1n) is 7.52. The van der Waals surface area contributed by atoms with Crippen molar-refractivity contribution in [3.63, 3.8) is 0 Å². The van der Waals surface area contributed by atoms with Crippen LogP contribution in [0.4, 0.5) is 0 Å². The number of carbonyl (C=O) groups excluding carboxylic acids is 1. The SMILES string of the molecule is CCCC(=O)N/N=C/c1c2ccccc2cc2ccccc12. The summed E-state index contributed by atoms with van der Waals surface area (Å²) in [6, 6.07) is 18.6. The van der Waals surface area contributed by atoms with Gasteiger partial charge in [0.25, 0.3) is 0 Å². The number of hydrogen-bond acceptors (Lipinski definition) is 2. The second-order valence-electron chi connectivity index (χ2n) is 5.28. The van der Waals surface area contributed by atoms with E-state index in [9.17, 15) is 4.79 Å². The molecule has 0 spiro atoms. The number of nitrogens with zero attached hydrogens (tertiary/aromatic N) is 1. The third-order valence-electron chi connectivity index (χ3n) is 3.67. The Labute approximate surface area is 129 Å². The molecule has 1 N–H and O–H groups in total. The maximum atomic E-state index is 11.5. The molecule has 0 saturated heterocycles. The lowest BCUT2D eigenvalue weighted by Gasteiger charge is -2.07. The van der Waals surface area contributed by atoms with E-state index in [-0.39, 0.29) is 5.91 Å². The molecular formula is C19H18N2O. The smallest absolute Gasteiger partial charge is 0.240 e. The first-order chi connectivity index (χ1) is 10.8. The Kier molecular flexibility index (Phi) is 4.15. The number of hydrogen-bond donors (Lipinski definition) is 1. The molecular weight excluding hydrogens is 272 g/mol. The van der Waals surface area contributed by atoms with Crippen LogP contribution in [-0.4, -0.2) is 12.1 Å². The lowest BCUT2D eigenvalue weighted by Crippen LogP contribution is -2.16. The fraction of sp³-hybridized carbons (Fsp3) is 0.158. The van der Waals surface area contributed by atoms with Crippen LogP contribution < -0.4 is 5.43 Å². The number of carbonyl (C=O) groups is 1. The van der Waals surface area contributed by atoms with E-state index in [2.05, 4.69) is 40.9 Å². The molecule has 0 radical (unpaired) electrons. The monoisotopic (exact) mass is 290 g/mol. The van der Waals surface area contributed by atoms with E-state index in [1.807, 2.05) is 31.2 Å². The largest absolute Gasteiger partial charge is 0.273 e. The molecule has 0 unspecified atom stereocenters. The van der Waals surface area contributed by atoms with E-state index in [1.165, 1.54) is 10.8 Å². The number of nitrogens with one attached hydrogen (secondary N) is 1. The molecule has 0 fully saturated rings. The molecule has 22 heavy (non-hydrogen) atoms. The van der Waals surface area contributed by atoms with E-state index in [0.717, 1.165) is 22.8 Å². The Bertz CT molecular complexity index is 798. The molecule has 3 aromatic carbocycles. The van der Waals surface area contributed by atoms with Gasteiger partial charge in [0.15, 0.2) is 0 Å². The van der Waals surface area contributed by atoms with Crippen molar-refractivity contribution in [2.75, 3.05) is 0 Å². The summed E-state index contributed by atoms with van der Waals surface area (Å²) in [6.07, 6.45) is 3.06. The molecule has 0 aliphatic rings. The van der Waals surface area contributed by atoms with Gasteiger partial charge in [0.2, 0.25) is 5.91 Å². The van der Waals surface area contributed by atoms with Gasteiger partial charge in [-0.05, 0) is 34.0 Å². The van der Waals surface area contributed by atoms with Crippen molar-refractivity contribution in [1.82, 2.24) is 5.43 Å². The van der Waals surface area contributed by atoms with Gasteiger partial charge in [-0.3, -0.25) is 4.79 Å². The fourth-order valence-electron chi connectivity index (χ4n) is 2.64. The summed E-state index contributed by atoms with van der Waals surface area (Å²) in [5.74, 6) is -0.0525. The normalized spacial score (nSPS) is 11.3. The summed E-state index contributed by atoms with van der Waals surface area (Å²) in [7, 11) is 0. The van der Waals surface area contributed by atoms with Crippen molar-refractivity contribution in [3.05, 3.63) is 60.2 Å². The van der Waals surface area contributed by atoms with Gasteiger partial charge in [0.1, 0.15) is 0 Å². The lowest BCUT2D eigenvalue weighted by molar-refractivity contribution is -0.121. The number of amides is 1. The lowest BCUT2D eigenvalue weighted by atomic mass is 9.97. The van der Waals surface area contributed by atoms with Crippen LogP contribution in [0.15, 0.2) is 59.7 Å². The van der Waals surface area contributed by atoms with E-state index in [4.69, 9.17) is 0 Å². The molecule has 0 aliphatic carbocycles. The van der Waals surface area contributed by atoms with Crippen molar-refractivity contribution < 1.29 is 4.79 Å². The van der Waals surface area contributed by atoms with Crippen molar-refractivity contribution in [2.45, 2.75) is 19.8 Å². The third kappa shape index (κ3) is 2.84. The van der Waals surface area contributed by atoms with E-state index in [1.54, 1.807) is 6.21 Å². The first-order valence-corrected chi connectivity index (χ1v) is 7.52. The predicted octanol–water partition coefficient (Wildman–Crippen LogP) is 4.24. The maximum absolute atomic E-state index is 11.5.